The van der Waals surface area contributed by atoms with Crippen molar-refractivity contribution in [3.05, 3.63) is 102 Å². The first kappa shape index (κ1) is 28.0. The molecular weight excluding hydrogens is 426 g/mol. The van der Waals surface area contributed by atoms with Gasteiger partial charge in [-0.2, -0.15) is 0 Å². The van der Waals surface area contributed by atoms with E-state index in [-0.39, 0.29) is 0 Å². The van der Waals surface area contributed by atoms with E-state index in [0.29, 0.717) is 0 Å². The van der Waals surface area contributed by atoms with E-state index in [1.165, 1.54) is 48.9 Å². The van der Waals surface area contributed by atoms with Gasteiger partial charge < -0.3 is 15.5 Å². The largest absolute Gasteiger partial charge is 0.360 e. The highest BCUT2D eigenvalue weighted by Crippen LogP contribution is 2.30. The van der Waals surface area contributed by atoms with Crippen LogP contribution >= 0.6 is 0 Å². The van der Waals surface area contributed by atoms with Crippen LogP contribution in [0.4, 0.5) is 5.69 Å². The number of anilines is 1. The smallest absolute Gasteiger partial charge is 0.109 e. The van der Waals surface area contributed by atoms with Crippen molar-refractivity contribution in [3.8, 4) is 0 Å². The fourth-order valence-electron chi connectivity index (χ4n) is 4.15. The highest BCUT2D eigenvalue weighted by atomic mass is 15.2. The summed E-state index contributed by atoms with van der Waals surface area (Å²) in [5, 5.41) is 6.86. The zero-order valence-electron chi connectivity index (χ0n) is 22.8. The summed E-state index contributed by atoms with van der Waals surface area (Å²) in [6.07, 6.45) is 7.01. The lowest BCUT2D eigenvalue weighted by molar-refractivity contribution is 0.421. The molecule has 3 rings (SSSR count). The van der Waals surface area contributed by atoms with E-state index in [1.54, 1.807) is 0 Å². The van der Waals surface area contributed by atoms with Crippen LogP contribution in [-0.2, 0) is 0 Å². The third-order valence-corrected chi connectivity index (χ3v) is 6.26. The monoisotopic (exact) mass is 471 g/mol. The van der Waals surface area contributed by atoms with Gasteiger partial charge in [0.25, 0.3) is 0 Å². The minimum Gasteiger partial charge on any atom is -0.360 e. The SMILES string of the molecule is C=C(C)Nc1ccc(C2=C(C)N/C(=C(\C)C(=C)c3ccccc3)N(C)C2)cc1.CCCCCCC. The highest BCUT2D eigenvalue weighted by molar-refractivity contribution is 5.78. The summed E-state index contributed by atoms with van der Waals surface area (Å²) in [4.78, 5) is 2.26. The zero-order valence-corrected chi connectivity index (χ0v) is 22.8. The van der Waals surface area contributed by atoms with Crippen molar-refractivity contribution in [2.45, 2.75) is 66.7 Å². The van der Waals surface area contributed by atoms with Crippen LogP contribution in [-0.4, -0.2) is 18.5 Å². The van der Waals surface area contributed by atoms with E-state index >= 15 is 0 Å². The molecule has 3 nitrogen and oxygen atoms in total. The molecule has 2 aromatic rings. The maximum absolute atomic E-state index is 4.32. The number of unbranched alkanes of at least 4 members (excludes halogenated alkanes) is 4. The molecule has 1 aliphatic heterocycles. The highest BCUT2D eigenvalue weighted by Gasteiger charge is 2.21. The quantitative estimate of drug-likeness (QED) is 0.358. The molecule has 0 fully saturated rings. The van der Waals surface area contributed by atoms with Gasteiger partial charge in [-0.25, -0.2) is 0 Å². The number of hydrogen-bond donors (Lipinski definition) is 2. The fraction of sp³-hybridized carbons (Fsp3) is 0.375. The van der Waals surface area contributed by atoms with Crippen molar-refractivity contribution in [2.75, 3.05) is 18.9 Å². The van der Waals surface area contributed by atoms with Crippen molar-refractivity contribution < 1.29 is 0 Å². The van der Waals surface area contributed by atoms with Gasteiger partial charge in [-0.05, 0) is 60.8 Å². The summed E-state index contributed by atoms with van der Waals surface area (Å²) in [7, 11) is 2.12. The number of likely N-dealkylation sites (N-methyl/N-ethyl adjacent to an activating group) is 1. The Bertz CT molecular complexity index is 1020. The van der Waals surface area contributed by atoms with Crippen molar-refractivity contribution in [2.24, 2.45) is 0 Å². The molecule has 0 aromatic heterocycles. The van der Waals surface area contributed by atoms with Crippen molar-refractivity contribution in [3.63, 3.8) is 0 Å². The normalized spacial score (nSPS) is 14.5. The summed E-state index contributed by atoms with van der Waals surface area (Å²) in [6.45, 7) is 19.8. The zero-order chi connectivity index (χ0) is 25.8. The fourth-order valence-corrected chi connectivity index (χ4v) is 4.15. The molecule has 2 N–H and O–H groups in total. The van der Waals surface area contributed by atoms with Gasteiger partial charge in [0.05, 0.1) is 0 Å². The van der Waals surface area contributed by atoms with Crippen LogP contribution in [0, 0.1) is 0 Å². The Labute approximate surface area is 214 Å². The predicted octanol–water partition coefficient (Wildman–Crippen LogP) is 8.82. The Kier molecular flexibility index (Phi) is 11.4. The second kappa shape index (κ2) is 14.3. The lowest BCUT2D eigenvalue weighted by Gasteiger charge is -2.34. The third-order valence-electron chi connectivity index (χ3n) is 6.26. The van der Waals surface area contributed by atoms with Crippen LogP contribution in [0.2, 0.25) is 0 Å². The van der Waals surface area contributed by atoms with Gasteiger partial charge in [-0.1, -0.05) is 102 Å². The van der Waals surface area contributed by atoms with Gasteiger partial charge in [0, 0.05) is 30.7 Å². The molecule has 0 bridgehead atoms. The molecule has 0 atom stereocenters. The molecule has 1 heterocycles. The minimum atomic E-state index is 0.848. The van der Waals surface area contributed by atoms with Gasteiger partial charge in [-0.3, -0.25) is 0 Å². The van der Waals surface area contributed by atoms with Gasteiger partial charge in [0.2, 0.25) is 0 Å². The van der Waals surface area contributed by atoms with Gasteiger partial charge >= 0.3 is 0 Å². The molecule has 0 unspecified atom stereocenters. The topological polar surface area (TPSA) is 27.3 Å². The van der Waals surface area contributed by atoms with Crippen LogP contribution in [0.5, 0.6) is 0 Å². The average molecular weight is 472 g/mol. The molecule has 0 spiro atoms. The van der Waals surface area contributed by atoms with Gasteiger partial charge in [0.15, 0.2) is 0 Å². The Morgan fingerprint density at radius 3 is 2.06 bits per heavy atom. The molecule has 35 heavy (non-hydrogen) atoms. The van der Waals surface area contributed by atoms with E-state index < -0.39 is 0 Å². The van der Waals surface area contributed by atoms with E-state index in [1.807, 2.05) is 25.1 Å². The summed E-state index contributed by atoms with van der Waals surface area (Å²) >= 11 is 0. The average Bonchev–Trinajstić information content (AvgIpc) is 2.86. The third kappa shape index (κ3) is 8.51. The second-order valence-corrected chi connectivity index (χ2v) is 9.45. The lowest BCUT2D eigenvalue weighted by atomic mass is 9.97. The first-order valence-electron chi connectivity index (χ1n) is 12.9. The summed E-state index contributed by atoms with van der Waals surface area (Å²) in [5.74, 6) is 1.11. The number of hydrogen-bond acceptors (Lipinski definition) is 3. The number of nitrogens with zero attached hydrogens (tertiary/aromatic N) is 1. The van der Waals surface area contributed by atoms with Crippen molar-refractivity contribution in [1.82, 2.24) is 10.2 Å². The van der Waals surface area contributed by atoms with Crippen LogP contribution in [0.15, 0.2) is 90.5 Å². The van der Waals surface area contributed by atoms with E-state index in [4.69, 9.17) is 0 Å². The summed E-state index contributed by atoms with van der Waals surface area (Å²) < 4.78 is 0. The number of rotatable bonds is 9. The molecule has 3 heteroatoms. The maximum atomic E-state index is 4.32. The number of nitrogens with one attached hydrogen (secondary N) is 2. The van der Waals surface area contributed by atoms with Gasteiger partial charge in [-0.15, -0.1) is 0 Å². The van der Waals surface area contributed by atoms with Crippen molar-refractivity contribution in [1.29, 1.82) is 0 Å². The number of benzene rings is 2. The van der Waals surface area contributed by atoms with E-state index in [2.05, 4.69) is 99.8 Å². The van der Waals surface area contributed by atoms with E-state index in [0.717, 1.165) is 40.5 Å². The summed E-state index contributed by atoms with van der Waals surface area (Å²) in [6, 6.07) is 18.8. The molecule has 2 aromatic carbocycles. The molecular formula is C32H45N3. The van der Waals surface area contributed by atoms with Crippen LogP contribution < -0.4 is 10.6 Å². The Balaban J connectivity index is 0.000000540. The maximum Gasteiger partial charge on any atom is 0.109 e. The predicted molar refractivity (Wildman–Crippen MR) is 156 cm³/mol. The first-order chi connectivity index (χ1) is 16.8. The molecule has 0 saturated heterocycles. The molecule has 1 aliphatic rings. The first-order valence-corrected chi connectivity index (χ1v) is 12.9. The Morgan fingerprint density at radius 2 is 1.51 bits per heavy atom. The molecule has 0 aliphatic carbocycles. The number of allylic oxidation sites excluding steroid dienone is 4. The van der Waals surface area contributed by atoms with Gasteiger partial charge in [0.1, 0.15) is 5.82 Å². The van der Waals surface area contributed by atoms with Crippen LogP contribution in [0.1, 0.15) is 77.8 Å². The Hall–Kier alpha value is -3.20. The molecule has 0 radical (unpaired) electrons. The Morgan fingerprint density at radius 1 is 0.914 bits per heavy atom. The van der Waals surface area contributed by atoms with E-state index in [9.17, 15) is 0 Å². The second-order valence-electron chi connectivity index (χ2n) is 9.45. The standard InChI is InChI=1S/C25H29N3.C7H16/c1-17(2)26-23-14-12-22(13-15-23)24-16-28(6)25(27-20(24)5)19(4)18(3)21-10-8-7-9-11-21;1-3-5-7-6-4-2/h7-15,26-27H,1,3,16H2,2,4-6H3;3-7H2,1-2H3/b25-19-;. The van der Waals surface area contributed by atoms with Crippen LogP contribution in [0.3, 0.4) is 0 Å². The summed E-state index contributed by atoms with van der Waals surface area (Å²) in [5.41, 5.74) is 9.04. The molecule has 0 amide bonds. The minimum absolute atomic E-state index is 0.848. The van der Waals surface area contributed by atoms with Crippen LogP contribution in [0.25, 0.3) is 11.1 Å². The molecule has 0 saturated carbocycles. The van der Waals surface area contributed by atoms with Crippen molar-refractivity contribution >= 4 is 16.8 Å². The molecule has 188 valence electrons. The lowest BCUT2D eigenvalue weighted by Crippen LogP contribution is -2.36.